The molecule has 1 heterocycles. The summed E-state index contributed by atoms with van der Waals surface area (Å²) in [7, 11) is 3.70. The van der Waals surface area contributed by atoms with Gasteiger partial charge in [-0.2, -0.15) is 0 Å². The number of hydrogen-bond acceptors (Lipinski definition) is 4. The van der Waals surface area contributed by atoms with Crippen molar-refractivity contribution in [2.24, 2.45) is 11.7 Å². The second-order valence-corrected chi connectivity index (χ2v) is 6.69. The highest BCUT2D eigenvalue weighted by atomic mass is 16.5. The molecule has 2 N–H and O–H groups in total. The molecule has 6 nitrogen and oxygen atoms in total. The molecule has 22 heavy (non-hydrogen) atoms. The van der Waals surface area contributed by atoms with Gasteiger partial charge in [0.2, 0.25) is 11.8 Å². The number of piperidine rings is 1. The molecule has 2 aliphatic rings. The quantitative estimate of drug-likeness (QED) is 0.779. The molecule has 1 saturated heterocycles. The molecular formula is C16H29N3O3. The molecule has 0 unspecified atom stereocenters. The van der Waals surface area contributed by atoms with Gasteiger partial charge in [0, 0.05) is 38.6 Å². The lowest BCUT2D eigenvalue weighted by Gasteiger charge is -2.38. The topological polar surface area (TPSA) is 75.9 Å². The fourth-order valence-electron chi connectivity index (χ4n) is 3.79. The lowest BCUT2D eigenvalue weighted by Crippen LogP contribution is -2.50. The lowest BCUT2D eigenvalue weighted by atomic mass is 9.91. The summed E-state index contributed by atoms with van der Waals surface area (Å²) in [4.78, 5) is 27.8. The summed E-state index contributed by atoms with van der Waals surface area (Å²) < 4.78 is 5.44. The van der Waals surface area contributed by atoms with Crippen LogP contribution in [0.25, 0.3) is 0 Å². The Morgan fingerprint density at radius 3 is 2.55 bits per heavy atom. The van der Waals surface area contributed by atoms with Gasteiger partial charge < -0.3 is 15.4 Å². The van der Waals surface area contributed by atoms with Crippen LogP contribution in [0.15, 0.2) is 0 Å². The van der Waals surface area contributed by atoms with Crippen LogP contribution in [0.3, 0.4) is 0 Å². The van der Waals surface area contributed by atoms with Crippen molar-refractivity contribution in [3.8, 4) is 0 Å². The summed E-state index contributed by atoms with van der Waals surface area (Å²) in [5, 5.41) is 0. The maximum atomic E-state index is 12.5. The lowest BCUT2D eigenvalue weighted by molar-refractivity contribution is -0.138. The van der Waals surface area contributed by atoms with E-state index in [1.807, 2.05) is 11.9 Å². The van der Waals surface area contributed by atoms with E-state index in [1.54, 1.807) is 7.11 Å². The largest absolute Gasteiger partial charge is 0.381 e. The number of hydrogen-bond donors (Lipinski definition) is 1. The Bertz CT molecular complexity index is 396. The van der Waals surface area contributed by atoms with Gasteiger partial charge in [-0.25, -0.2) is 0 Å². The molecular weight excluding hydrogens is 282 g/mol. The van der Waals surface area contributed by atoms with Gasteiger partial charge in [0.25, 0.3) is 0 Å². The van der Waals surface area contributed by atoms with Crippen LogP contribution in [0.4, 0.5) is 0 Å². The minimum Gasteiger partial charge on any atom is -0.381 e. The summed E-state index contributed by atoms with van der Waals surface area (Å²) in [5.74, 6) is -0.167. The molecule has 2 amide bonds. The molecule has 0 aromatic carbocycles. The van der Waals surface area contributed by atoms with E-state index < -0.39 is 0 Å². The van der Waals surface area contributed by atoms with Gasteiger partial charge >= 0.3 is 0 Å². The van der Waals surface area contributed by atoms with Gasteiger partial charge in [-0.1, -0.05) is 12.8 Å². The number of primary amides is 1. The van der Waals surface area contributed by atoms with Crippen molar-refractivity contribution >= 4 is 11.8 Å². The molecule has 0 aromatic rings. The van der Waals surface area contributed by atoms with Crippen molar-refractivity contribution in [1.29, 1.82) is 0 Å². The Hall–Kier alpha value is -1.14. The van der Waals surface area contributed by atoms with E-state index in [1.165, 1.54) is 25.7 Å². The van der Waals surface area contributed by atoms with Crippen molar-refractivity contribution in [3.63, 3.8) is 0 Å². The molecule has 126 valence electrons. The highest BCUT2D eigenvalue weighted by Gasteiger charge is 2.33. The van der Waals surface area contributed by atoms with E-state index in [4.69, 9.17) is 10.5 Å². The monoisotopic (exact) mass is 311 g/mol. The van der Waals surface area contributed by atoms with Crippen LogP contribution < -0.4 is 5.73 Å². The average molecular weight is 311 g/mol. The van der Waals surface area contributed by atoms with Crippen molar-refractivity contribution in [2.75, 3.05) is 33.8 Å². The zero-order valence-corrected chi connectivity index (χ0v) is 13.8. The summed E-state index contributed by atoms with van der Waals surface area (Å²) in [6.07, 6.45) is 5.99. The van der Waals surface area contributed by atoms with Crippen molar-refractivity contribution < 1.29 is 14.3 Å². The smallest absolute Gasteiger partial charge is 0.236 e. The first-order chi connectivity index (χ1) is 10.5. The second kappa shape index (κ2) is 7.92. The Balaban J connectivity index is 1.87. The fourth-order valence-corrected chi connectivity index (χ4v) is 3.79. The zero-order valence-electron chi connectivity index (χ0n) is 13.8. The van der Waals surface area contributed by atoms with Crippen LogP contribution in [-0.2, 0) is 14.3 Å². The number of carbonyl (C=O) groups excluding carboxylic acids is 2. The maximum absolute atomic E-state index is 12.5. The first-order valence-electron chi connectivity index (χ1n) is 8.30. The van der Waals surface area contributed by atoms with Crippen molar-refractivity contribution in [3.05, 3.63) is 0 Å². The number of likely N-dealkylation sites (tertiary alicyclic amines) is 1. The summed E-state index contributed by atoms with van der Waals surface area (Å²) in [5.41, 5.74) is 5.32. The van der Waals surface area contributed by atoms with E-state index in [-0.39, 0.29) is 30.3 Å². The minimum atomic E-state index is -0.329. The van der Waals surface area contributed by atoms with Gasteiger partial charge in [0.15, 0.2) is 0 Å². The van der Waals surface area contributed by atoms with E-state index in [2.05, 4.69) is 4.90 Å². The third kappa shape index (κ3) is 4.43. The standard InChI is InChI=1S/C16H29N3O3/c1-18(13-5-3-4-6-13)11-16(21)19-8-7-14(22-2)12(10-19)9-15(17)20/h12-14H,3-11H2,1-2H3,(H2,17,20)/t12-,14-/m1/s1. The number of carbonyl (C=O) groups is 2. The molecule has 0 bridgehead atoms. The number of rotatable bonds is 6. The number of methoxy groups -OCH3 is 1. The van der Waals surface area contributed by atoms with Crippen LogP contribution >= 0.6 is 0 Å². The molecule has 2 atom stereocenters. The third-order valence-corrected chi connectivity index (χ3v) is 5.12. The first kappa shape index (κ1) is 17.2. The van der Waals surface area contributed by atoms with Crippen LogP contribution in [0.1, 0.15) is 38.5 Å². The number of likely N-dealkylation sites (N-methyl/N-ethyl adjacent to an activating group) is 1. The normalized spacial score (nSPS) is 26.6. The number of nitrogens with zero attached hydrogens (tertiary/aromatic N) is 2. The van der Waals surface area contributed by atoms with Gasteiger partial charge in [-0.15, -0.1) is 0 Å². The summed E-state index contributed by atoms with van der Waals surface area (Å²) >= 11 is 0. The molecule has 1 saturated carbocycles. The van der Waals surface area contributed by atoms with Crippen LogP contribution in [-0.4, -0.2) is 67.6 Å². The maximum Gasteiger partial charge on any atom is 0.236 e. The van der Waals surface area contributed by atoms with E-state index in [0.29, 0.717) is 25.7 Å². The molecule has 0 spiro atoms. The Morgan fingerprint density at radius 1 is 1.27 bits per heavy atom. The van der Waals surface area contributed by atoms with Crippen LogP contribution in [0, 0.1) is 5.92 Å². The SMILES string of the molecule is CO[C@@H]1CCN(C(=O)CN(C)C2CCCC2)C[C@H]1CC(N)=O. The predicted molar refractivity (Wildman–Crippen MR) is 84.2 cm³/mol. The van der Waals surface area contributed by atoms with Gasteiger partial charge in [-0.05, 0) is 26.3 Å². The van der Waals surface area contributed by atoms with E-state index in [9.17, 15) is 9.59 Å². The second-order valence-electron chi connectivity index (χ2n) is 6.69. The van der Waals surface area contributed by atoms with Gasteiger partial charge in [0.1, 0.15) is 0 Å². The molecule has 2 rings (SSSR count). The van der Waals surface area contributed by atoms with Crippen molar-refractivity contribution in [1.82, 2.24) is 9.80 Å². The van der Waals surface area contributed by atoms with E-state index >= 15 is 0 Å². The number of ether oxygens (including phenoxy) is 1. The van der Waals surface area contributed by atoms with Gasteiger partial charge in [-0.3, -0.25) is 14.5 Å². The third-order valence-electron chi connectivity index (χ3n) is 5.12. The highest BCUT2D eigenvalue weighted by molar-refractivity contribution is 5.79. The summed E-state index contributed by atoms with van der Waals surface area (Å²) in [6.45, 7) is 1.73. The zero-order chi connectivity index (χ0) is 16.1. The average Bonchev–Trinajstić information content (AvgIpc) is 3.00. The minimum absolute atomic E-state index is 0.0111. The molecule has 1 aliphatic heterocycles. The fraction of sp³-hybridized carbons (Fsp3) is 0.875. The Kier molecular flexibility index (Phi) is 6.20. The molecule has 0 aromatic heterocycles. The molecule has 0 radical (unpaired) electrons. The van der Waals surface area contributed by atoms with Gasteiger partial charge in [0.05, 0.1) is 12.6 Å². The summed E-state index contributed by atoms with van der Waals surface area (Å²) in [6, 6.07) is 0.543. The molecule has 2 fully saturated rings. The highest BCUT2D eigenvalue weighted by Crippen LogP contribution is 2.24. The van der Waals surface area contributed by atoms with E-state index in [0.717, 1.165) is 6.42 Å². The Morgan fingerprint density at radius 2 is 1.95 bits per heavy atom. The van der Waals surface area contributed by atoms with Crippen molar-refractivity contribution in [2.45, 2.75) is 50.7 Å². The first-order valence-corrected chi connectivity index (χ1v) is 8.30. The van der Waals surface area contributed by atoms with Crippen LogP contribution in [0.5, 0.6) is 0 Å². The molecule has 6 heteroatoms. The predicted octanol–water partition coefficient (Wildman–Crippen LogP) is 0.600. The number of amides is 2. The Labute approximate surface area is 132 Å². The van der Waals surface area contributed by atoms with Crippen LogP contribution in [0.2, 0.25) is 0 Å². The number of nitrogens with two attached hydrogens (primary N) is 1. The molecule has 1 aliphatic carbocycles.